The number of halogens is 2. The predicted molar refractivity (Wildman–Crippen MR) is 91.2 cm³/mol. The summed E-state index contributed by atoms with van der Waals surface area (Å²) in [6.07, 6.45) is 0. The van der Waals surface area contributed by atoms with E-state index in [-0.39, 0.29) is 11.5 Å². The molecule has 1 saturated heterocycles. The van der Waals surface area contributed by atoms with E-state index in [1.54, 1.807) is 0 Å². The van der Waals surface area contributed by atoms with Gasteiger partial charge in [0.1, 0.15) is 11.0 Å². The van der Waals surface area contributed by atoms with E-state index < -0.39 is 0 Å². The Labute approximate surface area is 138 Å². The van der Waals surface area contributed by atoms with Crippen molar-refractivity contribution < 1.29 is 0 Å². The van der Waals surface area contributed by atoms with Gasteiger partial charge in [0.05, 0.1) is 15.3 Å². The fourth-order valence-electron chi connectivity index (χ4n) is 2.04. The summed E-state index contributed by atoms with van der Waals surface area (Å²) in [6, 6.07) is 0.273. The van der Waals surface area contributed by atoms with Crippen LogP contribution in [0.5, 0.6) is 0 Å². The van der Waals surface area contributed by atoms with E-state index in [9.17, 15) is 0 Å². The second-order valence-corrected chi connectivity index (χ2v) is 8.44. The van der Waals surface area contributed by atoms with Gasteiger partial charge in [0.2, 0.25) is 0 Å². The van der Waals surface area contributed by atoms with Crippen LogP contribution in [0.1, 0.15) is 38.3 Å². The molecule has 2 heterocycles. The maximum Gasteiger partial charge on any atom is 0.148 e. The number of aromatic nitrogens is 2. The summed E-state index contributed by atoms with van der Waals surface area (Å²) in [5, 5.41) is 0.583. The molecule has 2 rings (SSSR count). The van der Waals surface area contributed by atoms with Crippen molar-refractivity contribution in [3.05, 3.63) is 20.2 Å². The van der Waals surface area contributed by atoms with Gasteiger partial charge in [-0.2, -0.15) is 11.8 Å². The number of hydrogen-bond donors (Lipinski definition) is 0. The molecule has 1 unspecified atom stereocenters. The number of nitrogens with zero attached hydrogens (tertiary/aromatic N) is 3. The predicted octanol–water partition coefficient (Wildman–Crippen LogP) is 3.75. The highest BCUT2D eigenvalue weighted by Crippen LogP contribution is 2.33. The Morgan fingerprint density at radius 2 is 2.05 bits per heavy atom. The molecule has 6 heteroatoms. The molecule has 1 aliphatic rings. The summed E-state index contributed by atoms with van der Waals surface area (Å²) in [6.45, 7) is 7.57. The minimum absolute atomic E-state index is 0.0156. The van der Waals surface area contributed by atoms with Gasteiger partial charge in [0, 0.05) is 23.5 Å². The van der Waals surface area contributed by atoms with Crippen molar-refractivity contribution in [2.24, 2.45) is 0 Å². The third-order valence-electron chi connectivity index (χ3n) is 3.23. The molecule has 0 aromatic carbocycles. The van der Waals surface area contributed by atoms with Crippen LogP contribution in [0.15, 0.2) is 0 Å². The molecule has 1 aromatic heterocycles. The van der Waals surface area contributed by atoms with Crippen LogP contribution >= 0.6 is 46.0 Å². The highest BCUT2D eigenvalue weighted by molar-refractivity contribution is 14.1. The Bertz CT molecular complexity index is 476. The van der Waals surface area contributed by atoms with E-state index in [1.807, 2.05) is 11.8 Å². The zero-order valence-electron chi connectivity index (χ0n) is 11.7. The largest absolute Gasteiger partial charge is 0.295 e. The Morgan fingerprint density at radius 1 is 1.37 bits per heavy atom. The summed E-state index contributed by atoms with van der Waals surface area (Å²) >= 11 is 10.5. The Balaban J connectivity index is 2.44. The highest BCUT2D eigenvalue weighted by atomic mass is 127. The average Bonchev–Trinajstić information content (AvgIpc) is 2.31. The van der Waals surface area contributed by atoms with Crippen LogP contribution in [-0.4, -0.2) is 40.0 Å². The maximum atomic E-state index is 6.31. The monoisotopic (exact) mass is 411 g/mol. The van der Waals surface area contributed by atoms with Crippen molar-refractivity contribution in [3.8, 4) is 0 Å². The van der Waals surface area contributed by atoms with Gasteiger partial charge in [-0.15, -0.1) is 0 Å². The molecular weight excluding hydrogens is 393 g/mol. The molecule has 0 spiro atoms. The lowest BCUT2D eigenvalue weighted by molar-refractivity contribution is 0.263. The summed E-state index contributed by atoms with van der Waals surface area (Å²) in [5.74, 6) is 3.08. The maximum absolute atomic E-state index is 6.31. The van der Waals surface area contributed by atoms with Gasteiger partial charge < -0.3 is 0 Å². The molecule has 1 atom stereocenters. The zero-order valence-corrected chi connectivity index (χ0v) is 15.4. The Kier molecular flexibility index (Phi) is 5.02. The first kappa shape index (κ1) is 15.8. The van der Waals surface area contributed by atoms with Gasteiger partial charge in [-0.1, -0.05) is 32.4 Å². The van der Waals surface area contributed by atoms with E-state index in [0.717, 1.165) is 27.4 Å². The summed E-state index contributed by atoms with van der Waals surface area (Å²) < 4.78 is 0.974. The molecule has 0 aliphatic carbocycles. The van der Waals surface area contributed by atoms with Gasteiger partial charge in [-0.25, -0.2) is 9.97 Å². The van der Waals surface area contributed by atoms with E-state index in [1.165, 1.54) is 5.75 Å². The second-order valence-electron chi connectivity index (χ2n) is 5.86. The molecule has 106 valence electrons. The molecule has 0 bridgehead atoms. The van der Waals surface area contributed by atoms with Crippen LogP contribution in [0.25, 0.3) is 0 Å². The lowest BCUT2D eigenvalue weighted by Crippen LogP contribution is -2.34. The lowest BCUT2D eigenvalue weighted by Gasteiger charge is -2.32. The van der Waals surface area contributed by atoms with Gasteiger partial charge in [-0.05, 0) is 29.6 Å². The minimum Gasteiger partial charge on any atom is -0.295 e. The van der Waals surface area contributed by atoms with Crippen molar-refractivity contribution in [1.29, 1.82) is 0 Å². The van der Waals surface area contributed by atoms with Crippen LogP contribution in [0.4, 0.5) is 0 Å². The number of hydrogen-bond acceptors (Lipinski definition) is 4. The molecular formula is C13H19ClIN3S. The Hall–Kier alpha value is 0.410. The molecule has 1 fully saturated rings. The molecule has 1 aromatic rings. The molecule has 0 saturated carbocycles. The Morgan fingerprint density at radius 3 is 2.63 bits per heavy atom. The van der Waals surface area contributed by atoms with Crippen LogP contribution in [0, 0.1) is 3.57 Å². The van der Waals surface area contributed by atoms with Gasteiger partial charge in [0.25, 0.3) is 0 Å². The molecule has 0 amide bonds. The van der Waals surface area contributed by atoms with Crippen molar-refractivity contribution in [3.63, 3.8) is 0 Å². The molecule has 1 aliphatic heterocycles. The van der Waals surface area contributed by atoms with E-state index >= 15 is 0 Å². The summed E-state index contributed by atoms with van der Waals surface area (Å²) in [7, 11) is 2.14. The first-order valence-electron chi connectivity index (χ1n) is 6.32. The van der Waals surface area contributed by atoms with Crippen molar-refractivity contribution >= 4 is 46.0 Å². The van der Waals surface area contributed by atoms with Crippen LogP contribution < -0.4 is 0 Å². The van der Waals surface area contributed by atoms with Crippen molar-refractivity contribution in [2.75, 3.05) is 25.1 Å². The SMILES string of the molecule is CN1CCSCC1c1nc(Cl)c(I)c(C(C)(C)C)n1. The third kappa shape index (κ3) is 3.54. The normalized spacial score (nSPS) is 21.7. The highest BCUT2D eigenvalue weighted by Gasteiger charge is 2.28. The molecule has 19 heavy (non-hydrogen) atoms. The van der Waals surface area contributed by atoms with Crippen molar-refractivity contribution in [1.82, 2.24) is 14.9 Å². The third-order valence-corrected chi connectivity index (χ3v) is 5.87. The standard InChI is InChI=1S/C13H19ClIN3S/c1-13(2,3)10-9(15)11(14)17-12(16-10)8-7-19-6-5-18(8)4/h8H,5-7H2,1-4H3. The van der Waals surface area contributed by atoms with E-state index in [2.05, 4.69) is 60.3 Å². The van der Waals surface area contributed by atoms with Crippen LogP contribution in [0.3, 0.4) is 0 Å². The van der Waals surface area contributed by atoms with Crippen LogP contribution in [0.2, 0.25) is 5.15 Å². The zero-order chi connectivity index (χ0) is 14.2. The first-order valence-corrected chi connectivity index (χ1v) is 8.93. The fraction of sp³-hybridized carbons (Fsp3) is 0.692. The minimum atomic E-state index is -0.0156. The fourth-order valence-corrected chi connectivity index (χ4v) is 4.48. The van der Waals surface area contributed by atoms with Gasteiger partial charge in [0.15, 0.2) is 0 Å². The number of thioether (sulfide) groups is 1. The van der Waals surface area contributed by atoms with Crippen LogP contribution in [-0.2, 0) is 5.41 Å². The molecule has 0 N–H and O–H groups in total. The number of rotatable bonds is 1. The molecule has 3 nitrogen and oxygen atoms in total. The summed E-state index contributed by atoms with van der Waals surface area (Å²) in [4.78, 5) is 11.7. The first-order chi connectivity index (χ1) is 8.80. The average molecular weight is 412 g/mol. The van der Waals surface area contributed by atoms with E-state index in [0.29, 0.717) is 5.15 Å². The quantitative estimate of drug-likeness (QED) is 0.520. The lowest BCUT2D eigenvalue weighted by atomic mass is 9.92. The summed E-state index contributed by atoms with van der Waals surface area (Å²) in [5.41, 5.74) is 1.03. The van der Waals surface area contributed by atoms with E-state index in [4.69, 9.17) is 16.6 Å². The smallest absolute Gasteiger partial charge is 0.148 e. The second kappa shape index (κ2) is 6.03. The van der Waals surface area contributed by atoms with Crippen molar-refractivity contribution in [2.45, 2.75) is 32.2 Å². The van der Waals surface area contributed by atoms with Gasteiger partial charge >= 0.3 is 0 Å². The van der Waals surface area contributed by atoms with Gasteiger partial charge in [-0.3, -0.25) is 4.90 Å². The molecule has 0 radical (unpaired) electrons. The topological polar surface area (TPSA) is 29.0 Å².